The first kappa shape index (κ1) is 13.5. The van der Waals surface area contributed by atoms with E-state index in [-0.39, 0.29) is 6.04 Å². The van der Waals surface area contributed by atoms with Crippen molar-refractivity contribution in [3.8, 4) is 5.75 Å². The van der Waals surface area contributed by atoms with Crippen LogP contribution in [0.15, 0.2) is 36.5 Å². The van der Waals surface area contributed by atoms with Gasteiger partial charge in [0, 0.05) is 6.20 Å². The molecule has 0 amide bonds. The van der Waals surface area contributed by atoms with Gasteiger partial charge in [0.1, 0.15) is 11.6 Å². The van der Waals surface area contributed by atoms with E-state index in [9.17, 15) is 0 Å². The Balaban J connectivity index is 2.26. The largest absolute Gasteiger partial charge is 0.494 e. The zero-order chi connectivity index (χ0) is 13.7. The number of nitrogens with one attached hydrogen (secondary N) is 1. The Bertz CT molecular complexity index is 527. The van der Waals surface area contributed by atoms with Crippen LogP contribution in [0.4, 0.5) is 0 Å². The molecule has 2 aromatic rings. The highest BCUT2D eigenvalue weighted by molar-refractivity contribution is 5.33. The van der Waals surface area contributed by atoms with Crippen molar-refractivity contribution in [1.82, 2.24) is 15.4 Å². The molecule has 0 spiro atoms. The third-order valence-electron chi connectivity index (χ3n) is 2.78. The van der Waals surface area contributed by atoms with Crippen LogP contribution >= 0.6 is 0 Å². The summed E-state index contributed by atoms with van der Waals surface area (Å²) in [6, 6.07) is 9.51. The SMILES string of the molecule is CCOc1ccc(C(NN)c2ccnc(C)n2)cc1. The predicted octanol–water partition coefficient (Wildman–Crippen LogP) is 1.74. The molecular formula is C14H18N4O. The van der Waals surface area contributed by atoms with Crippen molar-refractivity contribution in [3.63, 3.8) is 0 Å². The summed E-state index contributed by atoms with van der Waals surface area (Å²) < 4.78 is 5.42. The molecular weight excluding hydrogens is 240 g/mol. The lowest BCUT2D eigenvalue weighted by Gasteiger charge is -2.16. The molecule has 1 heterocycles. The number of hydrogen-bond acceptors (Lipinski definition) is 5. The Morgan fingerprint density at radius 2 is 2.00 bits per heavy atom. The lowest BCUT2D eigenvalue weighted by atomic mass is 10.0. The number of aromatic nitrogens is 2. The van der Waals surface area contributed by atoms with Crippen LogP contribution in [0.3, 0.4) is 0 Å². The van der Waals surface area contributed by atoms with Gasteiger partial charge in [0.25, 0.3) is 0 Å². The molecule has 2 rings (SSSR count). The highest BCUT2D eigenvalue weighted by Crippen LogP contribution is 2.22. The second-order valence-electron chi connectivity index (χ2n) is 4.13. The fraction of sp³-hybridized carbons (Fsp3) is 0.286. The van der Waals surface area contributed by atoms with Crippen LogP contribution in [-0.2, 0) is 0 Å². The van der Waals surface area contributed by atoms with Crippen molar-refractivity contribution in [2.75, 3.05) is 6.61 Å². The number of ether oxygens (including phenoxy) is 1. The van der Waals surface area contributed by atoms with Crippen molar-refractivity contribution in [2.24, 2.45) is 5.84 Å². The highest BCUT2D eigenvalue weighted by Gasteiger charge is 2.14. The maximum absolute atomic E-state index is 5.64. The van der Waals surface area contributed by atoms with Crippen LogP contribution < -0.4 is 16.0 Å². The van der Waals surface area contributed by atoms with Gasteiger partial charge in [0.05, 0.1) is 18.3 Å². The molecule has 0 saturated heterocycles. The van der Waals surface area contributed by atoms with Gasteiger partial charge < -0.3 is 4.74 Å². The first-order chi connectivity index (χ1) is 9.24. The van der Waals surface area contributed by atoms with Crippen LogP contribution in [0, 0.1) is 6.92 Å². The second-order valence-corrected chi connectivity index (χ2v) is 4.13. The Kier molecular flexibility index (Phi) is 4.43. The van der Waals surface area contributed by atoms with Gasteiger partial charge in [0.2, 0.25) is 0 Å². The first-order valence-electron chi connectivity index (χ1n) is 6.23. The Labute approximate surface area is 112 Å². The number of nitrogens with two attached hydrogens (primary N) is 1. The van der Waals surface area contributed by atoms with E-state index in [1.165, 1.54) is 0 Å². The molecule has 19 heavy (non-hydrogen) atoms. The lowest BCUT2D eigenvalue weighted by Crippen LogP contribution is -2.29. The summed E-state index contributed by atoms with van der Waals surface area (Å²) in [7, 11) is 0. The predicted molar refractivity (Wildman–Crippen MR) is 73.5 cm³/mol. The summed E-state index contributed by atoms with van der Waals surface area (Å²) in [5.74, 6) is 7.22. The standard InChI is InChI=1S/C14H18N4O/c1-3-19-12-6-4-11(5-7-12)14(18-15)13-8-9-16-10(2)17-13/h4-9,14,18H,3,15H2,1-2H3. The molecule has 0 aliphatic rings. The van der Waals surface area contributed by atoms with E-state index in [1.807, 2.05) is 44.2 Å². The van der Waals surface area contributed by atoms with E-state index < -0.39 is 0 Å². The third-order valence-corrected chi connectivity index (χ3v) is 2.78. The molecule has 1 atom stereocenters. The van der Waals surface area contributed by atoms with Gasteiger partial charge in [-0.25, -0.2) is 15.4 Å². The Morgan fingerprint density at radius 3 is 2.58 bits per heavy atom. The van der Waals surface area contributed by atoms with Gasteiger partial charge >= 0.3 is 0 Å². The van der Waals surface area contributed by atoms with Crippen LogP contribution in [0.5, 0.6) is 5.75 Å². The van der Waals surface area contributed by atoms with Gasteiger partial charge in [-0.15, -0.1) is 0 Å². The molecule has 5 heteroatoms. The van der Waals surface area contributed by atoms with Crippen LogP contribution in [-0.4, -0.2) is 16.6 Å². The van der Waals surface area contributed by atoms with E-state index in [2.05, 4.69) is 15.4 Å². The summed E-state index contributed by atoms with van der Waals surface area (Å²) in [4.78, 5) is 8.48. The summed E-state index contributed by atoms with van der Waals surface area (Å²) in [6.45, 7) is 4.47. The summed E-state index contributed by atoms with van der Waals surface area (Å²) >= 11 is 0. The van der Waals surface area contributed by atoms with Crippen LogP contribution in [0.2, 0.25) is 0 Å². The fourth-order valence-electron chi connectivity index (χ4n) is 1.91. The van der Waals surface area contributed by atoms with Crippen molar-refractivity contribution in [3.05, 3.63) is 53.6 Å². The minimum Gasteiger partial charge on any atom is -0.494 e. The van der Waals surface area contributed by atoms with Gasteiger partial charge in [0.15, 0.2) is 0 Å². The number of nitrogens with zero attached hydrogens (tertiary/aromatic N) is 2. The molecule has 5 nitrogen and oxygen atoms in total. The molecule has 0 saturated carbocycles. The van der Waals surface area contributed by atoms with Crippen molar-refractivity contribution in [2.45, 2.75) is 19.9 Å². The number of rotatable bonds is 5. The van der Waals surface area contributed by atoms with E-state index in [0.717, 1.165) is 22.8 Å². The minimum absolute atomic E-state index is 0.155. The van der Waals surface area contributed by atoms with E-state index in [1.54, 1.807) is 6.20 Å². The van der Waals surface area contributed by atoms with E-state index in [4.69, 9.17) is 10.6 Å². The van der Waals surface area contributed by atoms with Gasteiger partial charge in [-0.05, 0) is 37.6 Å². The maximum Gasteiger partial charge on any atom is 0.125 e. The summed E-state index contributed by atoms with van der Waals surface area (Å²) in [5.41, 5.74) is 4.66. The third kappa shape index (κ3) is 3.27. The molecule has 0 radical (unpaired) electrons. The Hall–Kier alpha value is -1.98. The molecule has 0 aliphatic carbocycles. The van der Waals surface area contributed by atoms with Crippen molar-refractivity contribution >= 4 is 0 Å². The van der Waals surface area contributed by atoms with Gasteiger partial charge in [-0.1, -0.05) is 12.1 Å². The normalized spacial score (nSPS) is 12.2. The Morgan fingerprint density at radius 1 is 1.26 bits per heavy atom. The smallest absolute Gasteiger partial charge is 0.125 e. The average Bonchev–Trinajstić information content (AvgIpc) is 2.42. The molecule has 0 fully saturated rings. The topological polar surface area (TPSA) is 73.1 Å². The van der Waals surface area contributed by atoms with Crippen LogP contribution in [0.25, 0.3) is 0 Å². The number of hydrogen-bond donors (Lipinski definition) is 2. The van der Waals surface area contributed by atoms with E-state index in [0.29, 0.717) is 6.61 Å². The molecule has 100 valence electrons. The number of aryl methyl sites for hydroxylation is 1. The zero-order valence-corrected chi connectivity index (χ0v) is 11.1. The monoisotopic (exact) mass is 258 g/mol. The summed E-state index contributed by atoms with van der Waals surface area (Å²) in [5, 5.41) is 0. The molecule has 1 aromatic heterocycles. The van der Waals surface area contributed by atoms with Gasteiger partial charge in [-0.3, -0.25) is 5.84 Å². The summed E-state index contributed by atoms with van der Waals surface area (Å²) in [6.07, 6.45) is 1.73. The van der Waals surface area contributed by atoms with Crippen molar-refractivity contribution < 1.29 is 4.74 Å². The molecule has 3 N–H and O–H groups in total. The van der Waals surface area contributed by atoms with Crippen LogP contribution in [0.1, 0.15) is 30.0 Å². The molecule has 1 unspecified atom stereocenters. The van der Waals surface area contributed by atoms with Crippen molar-refractivity contribution in [1.29, 1.82) is 0 Å². The lowest BCUT2D eigenvalue weighted by molar-refractivity contribution is 0.340. The number of hydrazine groups is 1. The first-order valence-corrected chi connectivity index (χ1v) is 6.23. The maximum atomic E-state index is 5.64. The second kappa shape index (κ2) is 6.26. The van der Waals surface area contributed by atoms with Gasteiger partial charge in [-0.2, -0.15) is 0 Å². The quantitative estimate of drug-likeness (QED) is 0.631. The average molecular weight is 258 g/mol. The fourth-order valence-corrected chi connectivity index (χ4v) is 1.91. The number of benzene rings is 1. The molecule has 0 aliphatic heterocycles. The zero-order valence-electron chi connectivity index (χ0n) is 11.1. The molecule has 1 aromatic carbocycles. The molecule has 0 bridgehead atoms. The highest BCUT2D eigenvalue weighted by atomic mass is 16.5. The minimum atomic E-state index is -0.155. The van der Waals surface area contributed by atoms with E-state index >= 15 is 0 Å².